The number of aromatic nitrogens is 2. The Morgan fingerprint density at radius 3 is 2.82 bits per heavy atom. The standard InChI is InChI=1S/C7H12N2OS/c1-3-4-11-5-7-9-8-6(2)10-7/h3-5H2,1-2H3. The fraction of sp³-hybridized carbons (Fsp3) is 0.714. The fourth-order valence-electron chi connectivity index (χ4n) is 0.700. The van der Waals surface area contributed by atoms with Crippen LogP contribution in [-0.2, 0) is 5.75 Å². The van der Waals surface area contributed by atoms with Crippen LogP contribution in [0.15, 0.2) is 4.42 Å². The monoisotopic (exact) mass is 172 g/mol. The summed E-state index contributed by atoms with van der Waals surface area (Å²) in [6.07, 6.45) is 1.19. The first-order valence-electron chi connectivity index (χ1n) is 3.69. The Bertz CT molecular complexity index is 212. The van der Waals surface area contributed by atoms with Crippen LogP contribution >= 0.6 is 11.8 Å². The van der Waals surface area contributed by atoms with Crippen LogP contribution in [0.1, 0.15) is 25.1 Å². The molecule has 0 radical (unpaired) electrons. The highest BCUT2D eigenvalue weighted by atomic mass is 32.2. The Morgan fingerprint density at radius 1 is 1.45 bits per heavy atom. The molecule has 0 saturated carbocycles. The second-order valence-electron chi connectivity index (χ2n) is 2.27. The molecule has 1 heterocycles. The molecule has 0 aliphatic heterocycles. The van der Waals surface area contributed by atoms with Crippen molar-refractivity contribution in [3.05, 3.63) is 11.8 Å². The van der Waals surface area contributed by atoms with E-state index in [0.717, 1.165) is 17.4 Å². The zero-order valence-electron chi connectivity index (χ0n) is 6.83. The number of nitrogens with zero attached hydrogens (tertiary/aromatic N) is 2. The summed E-state index contributed by atoms with van der Waals surface area (Å²) < 4.78 is 5.19. The van der Waals surface area contributed by atoms with E-state index in [4.69, 9.17) is 4.42 Å². The van der Waals surface area contributed by atoms with Gasteiger partial charge in [-0.2, -0.15) is 11.8 Å². The maximum absolute atomic E-state index is 5.19. The van der Waals surface area contributed by atoms with Gasteiger partial charge < -0.3 is 4.42 Å². The van der Waals surface area contributed by atoms with Gasteiger partial charge in [0.25, 0.3) is 0 Å². The molecular weight excluding hydrogens is 160 g/mol. The highest BCUT2D eigenvalue weighted by molar-refractivity contribution is 7.98. The van der Waals surface area contributed by atoms with Gasteiger partial charge in [0.05, 0.1) is 5.75 Å². The molecule has 0 fully saturated rings. The van der Waals surface area contributed by atoms with Crippen molar-refractivity contribution >= 4 is 11.8 Å². The van der Waals surface area contributed by atoms with Crippen molar-refractivity contribution in [1.82, 2.24) is 10.2 Å². The molecule has 11 heavy (non-hydrogen) atoms. The molecular formula is C7H12N2OS. The van der Waals surface area contributed by atoms with Crippen molar-refractivity contribution in [3.8, 4) is 0 Å². The molecule has 1 aromatic heterocycles. The zero-order chi connectivity index (χ0) is 8.10. The lowest BCUT2D eigenvalue weighted by Gasteiger charge is -1.91. The quantitative estimate of drug-likeness (QED) is 0.651. The van der Waals surface area contributed by atoms with E-state index in [1.165, 1.54) is 6.42 Å². The van der Waals surface area contributed by atoms with Crippen LogP contribution in [0.3, 0.4) is 0 Å². The van der Waals surface area contributed by atoms with Gasteiger partial charge in [-0.3, -0.25) is 0 Å². The van der Waals surface area contributed by atoms with Crippen LogP contribution in [0.2, 0.25) is 0 Å². The number of aryl methyl sites for hydroxylation is 1. The van der Waals surface area contributed by atoms with E-state index in [1.54, 1.807) is 6.92 Å². The molecule has 0 amide bonds. The van der Waals surface area contributed by atoms with Gasteiger partial charge in [0.15, 0.2) is 0 Å². The molecule has 0 N–H and O–H groups in total. The predicted octanol–water partition coefficient (Wildman–Crippen LogP) is 2.02. The number of hydrogen-bond acceptors (Lipinski definition) is 4. The van der Waals surface area contributed by atoms with E-state index in [-0.39, 0.29) is 0 Å². The van der Waals surface area contributed by atoms with Gasteiger partial charge in [0.1, 0.15) is 0 Å². The van der Waals surface area contributed by atoms with Gasteiger partial charge in [-0.1, -0.05) is 6.92 Å². The minimum atomic E-state index is 0.650. The molecule has 0 bridgehead atoms. The lowest BCUT2D eigenvalue weighted by molar-refractivity contribution is 0.485. The van der Waals surface area contributed by atoms with Crippen LogP contribution in [-0.4, -0.2) is 16.0 Å². The molecule has 0 aromatic carbocycles. The van der Waals surface area contributed by atoms with Crippen molar-refractivity contribution in [2.75, 3.05) is 5.75 Å². The maximum atomic E-state index is 5.19. The topological polar surface area (TPSA) is 38.9 Å². The van der Waals surface area contributed by atoms with Crippen molar-refractivity contribution in [3.63, 3.8) is 0 Å². The summed E-state index contributed by atoms with van der Waals surface area (Å²) >= 11 is 1.82. The molecule has 0 spiro atoms. The molecule has 0 saturated heterocycles. The Hall–Kier alpha value is -0.510. The molecule has 1 aromatic rings. The Balaban J connectivity index is 2.27. The summed E-state index contributed by atoms with van der Waals surface area (Å²) in [5.41, 5.74) is 0. The highest BCUT2D eigenvalue weighted by Crippen LogP contribution is 2.10. The zero-order valence-corrected chi connectivity index (χ0v) is 7.65. The van der Waals surface area contributed by atoms with E-state index in [2.05, 4.69) is 17.1 Å². The SMILES string of the molecule is CCCSCc1nnc(C)o1. The van der Waals surface area contributed by atoms with Gasteiger partial charge in [-0.15, -0.1) is 10.2 Å². The smallest absolute Gasteiger partial charge is 0.226 e. The average Bonchev–Trinajstić information content (AvgIpc) is 2.37. The summed E-state index contributed by atoms with van der Waals surface area (Å²) in [7, 11) is 0. The van der Waals surface area contributed by atoms with Crippen LogP contribution in [0.25, 0.3) is 0 Å². The molecule has 62 valence electrons. The van der Waals surface area contributed by atoms with E-state index < -0.39 is 0 Å². The van der Waals surface area contributed by atoms with Crippen molar-refractivity contribution < 1.29 is 4.42 Å². The van der Waals surface area contributed by atoms with Gasteiger partial charge in [0.2, 0.25) is 11.8 Å². The van der Waals surface area contributed by atoms with Gasteiger partial charge >= 0.3 is 0 Å². The lowest BCUT2D eigenvalue weighted by atomic mass is 10.6. The molecule has 3 nitrogen and oxygen atoms in total. The second-order valence-corrected chi connectivity index (χ2v) is 3.37. The Morgan fingerprint density at radius 2 is 2.27 bits per heavy atom. The van der Waals surface area contributed by atoms with E-state index >= 15 is 0 Å². The van der Waals surface area contributed by atoms with E-state index in [0.29, 0.717) is 5.89 Å². The normalized spacial score (nSPS) is 10.4. The summed E-state index contributed by atoms with van der Waals surface area (Å²) in [5, 5.41) is 7.62. The van der Waals surface area contributed by atoms with Gasteiger partial charge in [0, 0.05) is 6.92 Å². The van der Waals surface area contributed by atoms with Crippen molar-refractivity contribution in [1.29, 1.82) is 0 Å². The summed E-state index contributed by atoms with van der Waals surface area (Å²) in [4.78, 5) is 0. The molecule has 0 atom stereocenters. The minimum absolute atomic E-state index is 0.650. The largest absolute Gasteiger partial charge is 0.425 e. The Kier molecular flexibility index (Phi) is 3.42. The third-order valence-corrected chi connectivity index (χ3v) is 2.29. The number of hydrogen-bond donors (Lipinski definition) is 0. The van der Waals surface area contributed by atoms with Crippen molar-refractivity contribution in [2.24, 2.45) is 0 Å². The first kappa shape index (κ1) is 8.59. The number of rotatable bonds is 4. The van der Waals surface area contributed by atoms with Gasteiger partial charge in [-0.05, 0) is 12.2 Å². The highest BCUT2D eigenvalue weighted by Gasteiger charge is 2.00. The lowest BCUT2D eigenvalue weighted by Crippen LogP contribution is -1.81. The van der Waals surface area contributed by atoms with Crippen LogP contribution in [0.5, 0.6) is 0 Å². The third-order valence-electron chi connectivity index (χ3n) is 1.14. The maximum Gasteiger partial charge on any atom is 0.226 e. The van der Waals surface area contributed by atoms with E-state index in [1.807, 2.05) is 11.8 Å². The first-order valence-corrected chi connectivity index (χ1v) is 4.85. The first-order chi connectivity index (χ1) is 5.33. The molecule has 0 unspecified atom stereocenters. The van der Waals surface area contributed by atoms with Crippen LogP contribution in [0.4, 0.5) is 0 Å². The molecule has 0 aliphatic rings. The summed E-state index contributed by atoms with van der Waals surface area (Å²) in [6, 6.07) is 0. The average molecular weight is 172 g/mol. The van der Waals surface area contributed by atoms with Crippen molar-refractivity contribution in [2.45, 2.75) is 26.0 Å². The molecule has 1 rings (SSSR count). The minimum Gasteiger partial charge on any atom is -0.425 e. The summed E-state index contributed by atoms with van der Waals surface area (Å²) in [5.74, 6) is 3.38. The van der Waals surface area contributed by atoms with Gasteiger partial charge in [-0.25, -0.2) is 0 Å². The third kappa shape index (κ3) is 2.93. The second kappa shape index (κ2) is 4.38. The van der Waals surface area contributed by atoms with E-state index in [9.17, 15) is 0 Å². The van der Waals surface area contributed by atoms with Crippen LogP contribution in [0, 0.1) is 6.92 Å². The molecule has 0 aliphatic carbocycles. The summed E-state index contributed by atoms with van der Waals surface area (Å²) in [6.45, 7) is 3.97. The number of thioether (sulfide) groups is 1. The molecule has 4 heteroatoms. The fourth-order valence-corrected chi connectivity index (χ4v) is 1.42. The van der Waals surface area contributed by atoms with Crippen LogP contribution < -0.4 is 0 Å². The Labute approximate surface area is 70.6 Å². The predicted molar refractivity (Wildman–Crippen MR) is 45.5 cm³/mol.